The molecule has 2 unspecified atom stereocenters. The maximum Gasteiger partial charge on any atom is 0.319 e. The van der Waals surface area contributed by atoms with Gasteiger partial charge in [-0.25, -0.2) is 4.79 Å². The van der Waals surface area contributed by atoms with Crippen LogP contribution in [0.15, 0.2) is 30.5 Å². The highest BCUT2D eigenvalue weighted by Gasteiger charge is 2.32. The van der Waals surface area contributed by atoms with E-state index in [9.17, 15) is 4.79 Å². The number of hydrogen-bond donors (Lipinski definition) is 3. The minimum absolute atomic E-state index is 0.111. The highest BCUT2D eigenvalue weighted by atomic mass is 16.2. The molecule has 2 atom stereocenters. The van der Waals surface area contributed by atoms with Gasteiger partial charge in [0.2, 0.25) is 0 Å². The summed E-state index contributed by atoms with van der Waals surface area (Å²) in [6, 6.07) is 8.11. The van der Waals surface area contributed by atoms with Gasteiger partial charge in [0.05, 0.1) is 5.69 Å². The first-order valence-electron chi connectivity index (χ1n) is 8.06. The molecule has 0 radical (unpaired) electrons. The number of carbonyl (C=O) groups is 1. The molecule has 0 aliphatic heterocycles. The molecule has 2 aromatic rings. The molecule has 1 aliphatic carbocycles. The van der Waals surface area contributed by atoms with E-state index in [1.807, 2.05) is 30.5 Å². The molecule has 3 rings (SSSR count). The van der Waals surface area contributed by atoms with E-state index in [0.717, 1.165) is 29.4 Å². The number of aromatic nitrogens is 1. The van der Waals surface area contributed by atoms with Crippen molar-refractivity contribution < 1.29 is 4.79 Å². The summed E-state index contributed by atoms with van der Waals surface area (Å²) >= 11 is 0. The van der Waals surface area contributed by atoms with E-state index in [1.165, 1.54) is 6.42 Å². The number of amides is 2. The predicted octanol–water partition coefficient (Wildman–Crippen LogP) is 4.50. The van der Waals surface area contributed by atoms with Gasteiger partial charge in [0.1, 0.15) is 0 Å². The van der Waals surface area contributed by atoms with Crippen LogP contribution in [-0.2, 0) is 0 Å². The van der Waals surface area contributed by atoms with Crippen LogP contribution in [0.25, 0.3) is 10.9 Å². The lowest BCUT2D eigenvalue weighted by atomic mass is 9.71. The van der Waals surface area contributed by atoms with Crippen molar-refractivity contribution in [2.75, 3.05) is 5.32 Å². The van der Waals surface area contributed by atoms with E-state index in [-0.39, 0.29) is 12.1 Å². The molecule has 1 fully saturated rings. The lowest BCUT2D eigenvalue weighted by Gasteiger charge is -2.39. The summed E-state index contributed by atoms with van der Waals surface area (Å²) < 4.78 is 0. The minimum Gasteiger partial charge on any atom is -0.359 e. The fourth-order valence-corrected chi connectivity index (χ4v) is 3.97. The van der Waals surface area contributed by atoms with Crippen LogP contribution in [-0.4, -0.2) is 17.1 Å². The van der Waals surface area contributed by atoms with E-state index in [1.54, 1.807) is 0 Å². The molecule has 3 N–H and O–H groups in total. The van der Waals surface area contributed by atoms with Gasteiger partial charge in [0.15, 0.2) is 0 Å². The Hall–Kier alpha value is -1.97. The normalized spacial score (nSPS) is 24.1. The number of aromatic amines is 1. The number of fused-ring (bicyclic) bond motifs is 1. The van der Waals surface area contributed by atoms with Gasteiger partial charge >= 0.3 is 6.03 Å². The van der Waals surface area contributed by atoms with E-state index in [0.29, 0.717) is 11.3 Å². The Bertz CT molecular complexity index is 674. The van der Waals surface area contributed by atoms with Crippen LogP contribution in [0.4, 0.5) is 10.5 Å². The molecular formula is C18H25N3O. The third kappa shape index (κ3) is 3.26. The van der Waals surface area contributed by atoms with E-state index >= 15 is 0 Å². The number of H-pyrrole nitrogens is 1. The molecule has 1 aromatic heterocycles. The average molecular weight is 299 g/mol. The van der Waals surface area contributed by atoms with E-state index in [2.05, 4.69) is 36.4 Å². The summed E-state index contributed by atoms with van der Waals surface area (Å²) in [5, 5.41) is 7.15. The van der Waals surface area contributed by atoms with Crippen LogP contribution in [0.3, 0.4) is 0 Å². The molecule has 1 aliphatic rings. The minimum atomic E-state index is -0.111. The second kappa shape index (κ2) is 5.67. The maximum absolute atomic E-state index is 12.3. The third-order valence-electron chi connectivity index (χ3n) is 4.56. The zero-order chi connectivity index (χ0) is 15.7. The second-order valence-electron chi connectivity index (χ2n) is 7.46. The van der Waals surface area contributed by atoms with E-state index < -0.39 is 0 Å². The van der Waals surface area contributed by atoms with Crippen LogP contribution in [0.5, 0.6) is 0 Å². The number of rotatable bonds is 2. The smallest absolute Gasteiger partial charge is 0.319 e. The van der Waals surface area contributed by atoms with Gasteiger partial charge in [-0.05, 0) is 36.7 Å². The Kier molecular flexibility index (Phi) is 3.85. The molecule has 4 heteroatoms. The Labute approximate surface area is 131 Å². The molecule has 2 amide bonds. The molecule has 0 bridgehead atoms. The molecule has 4 nitrogen and oxygen atoms in total. The molecule has 1 saturated carbocycles. The van der Waals surface area contributed by atoms with Crippen molar-refractivity contribution in [1.82, 2.24) is 10.3 Å². The highest BCUT2D eigenvalue weighted by Crippen LogP contribution is 2.38. The molecule has 22 heavy (non-hydrogen) atoms. The number of anilines is 1. The Morgan fingerprint density at radius 2 is 2.05 bits per heavy atom. The second-order valence-corrected chi connectivity index (χ2v) is 7.46. The van der Waals surface area contributed by atoms with Gasteiger partial charge in [0.25, 0.3) is 0 Å². The van der Waals surface area contributed by atoms with Crippen molar-refractivity contribution in [2.45, 2.75) is 46.1 Å². The molecule has 1 aromatic carbocycles. The summed E-state index contributed by atoms with van der Waals surface area (Å²) in [6.07, 6.45) is 5.18. The standard InChI is InChI=1S/C18H25N3O/c1-12-8-13(10-18(2,3)9-12)20-17(22)21-16-11-19-15-7-5-4-6-14(15)16/h4-7,11-13,19H,8-10H2,1-3H3,(H2,20,21,22). The molecule has 118 valence electrons. The van der Waals surface area contributed by atoms with Crippen molar-refractivity contribution in [3.8, 4) is 0 Å². The largest absolute Gasteiger partial charge is 0.359 e. The SMILES string of the molecule is CC1CC(NC(=O)Nc2c[nH]c3ccccc23)CC(C)(C)C1. The van der Waals surface area contributed by atoms with Crippen LogP contribution < -0.4 is 10.6 Å². The van der Waals surface area contributed by atoms with Crippen molar-refractivity contribution in [1.29, 1.82) is 0 Å². The zero-order valence-electron chi connectivity index (χ0n) is 13.6. The van der Waals surface area contributed by atoms with Crippen molar-refractivity contribution in [3.63, 3.8) is 0 Å². The first kappa shape index (κ1) is 14.9. The van der Waals surface area contributed by atoms with Gasteiger partial charge < -0.3 is 15.6 Å². The Morgan fingerprint density at radius 3 is 2.82 bits per heavy atom. The maximum atomic E-state index is 12.3. The van der Waals surface area contributed by atoms with Crippen molar-refractivity contribution in [2.24, 2.45) is 11.3 Å². The number of para-hydroxylation sites is 1. The zero-order valence-corrected chi connectivity index (χ0v) is 13.6. The summed E-state index contributed by atoms with van der Waals surface area (Å²) in [4.78, 5) is 15.5. The van der Waals surface area contributed by atoms with Crippen LogP contribution in [0.1, 0.15) is 40.0 Å². The first-order valence-corrected chi connectivity index (χ1v) is 8.06. The van der Waals surface area contributed by atoms with Crippen LogP contribution >= 0.6 is 0 Å². The highest BCUT2D eigenvalue weighted by molar-refractivity contribution is 6.01. The lowest BCUT2D eigenvalue weighted by Crippen LogP contribution is -2.44. The molecule has 0 spiro atoms. The van der Waals surface area contributed by atoms with Gasteiger partial charge in [0, 0.05) is 23.1 Å². The number of carbonyl (C=O) groups excluding carboxylic acids is 1. The topological polar surface area (TPSA) is 56.9 Å². The summed E-state index contributed by atoms with van der Waals surface area (Å²) in [6.45, 7) is 6.84. The fraction of sp³-hybridized carbons (Fsp3) is 0.500. The Morgan fingerprint density at radius 1 is 1.27 bits per heavy atom. The van der Waals surface area contributed by atoms with Gasteiger partial charge in [-0.15, -0.1) is 0 Å². The number of hydrogen-bond acceptors (Lipinski definition) is 1. The van der Waals surface area contributed by atoms with Gasteiger partial charge in [-0.1, -0.05) is 39.0 Å². The fourth-order valence-electron chi connectivity index (χ4n) is 3.97. The van der Waals surface area contributed by atoms with Crippen LogP contribution in [0, 0.1) is 11.3 Å². The third-order valence-corrected chi connectivity index (χ3v) is 4.56. The molecular weight excluding hydrogens is 274 g/mol. The van der Waals surface area contributed by atoms with Crippen LogP contribution in [0.2, 0.25) is 0 Å². The monoisotopic (exact) mass is 299 g/mol. The lowest BCUT2D eigenvalue weighted by molar-refractivity contribution is 0.154. The predicted molar refractivity (Wildman–Crippen MR) is 91.0 cm³/mol. The molecule has 1 heterocycles. The van der Waals surface area contributed by atoms with Gasteiger partial charge in [-0.3, -0.25) is 0 Å². The van der Waals surface area contributed by atoms with Crippen molar-refractivity contribution >= 4 is 22.6 Å². The Balaban J connectivity index is 1.65. The number of benzene rings is 1. The first-order chi connectivity index (χ1) is 10.4. The molecule has 0 saturated heterocycles. The quantitative estimate of drug-likeness (QED) is 0.751. The summed E-state index contributed by atoms with van der Waals surface area (Å²) in [5.41, 5.74) is 2.16. The number of nitrogens with one attached hydrogen (secondary N) is 3. The number of urea groups is 1. The average Bonchev–Trinajstić information content (AvgIpc) is 2.79. The summed E-state index contributed by atoms with van der Waals surface area (Å²) in [5.74, 6) is 0.655. The van der Waals surface area contributed by atoms with Gasteiger partial charge in [-0.2, -0.15) is 0 Å². The van der Waals surface area contributed by atoms with Crippen molar-refractivity contribution in [3.05, 3.63) is 30.5 Å². The summed E-state index contributed by atoms with van der Waals surface area (Å²) in [7, 11) is 0. The van der Waals surface area contributed by atoms with E-state index in [4.69, 9.17) is 0 Å².